The molecule has 1 aliphatic rings. The number of benzene rings is 2. The summed E-state index contributed by atoms with van der Waals surface area (Å²) < 4.78 is 4.86. The minimum atomic E-state index is -0.690. The molecule has 0 unspecified atom stereocenters. The van der Waals surface area contributed by atoms with Crippen LogP contribution in [0.5, 0.6) is 11.5 Å². The predicted octanol–water partition coefficient (Wildman–Crippen LogP) is 0.799. The van der Waals surface area contributed by atoms with Gasteiger partial charge in [0.25, 0.3) is 5.91 Å². The van der Waals surface area contributed by atoms with Gasteiger partial charge in [0.1, 0.15) is 11.5 Å². The zero-order valence-corrected chi connectivity index (χ0v) is 18.1. The maximum absolute atomic E-state index is 10.7. The molecule has 6 nitrogen and oxygen atoms in total. The molecule has 0 spiro atoms. The smallest absolute Gasteiger partial charge is 0.870 e. The zero-order valence-electron chi connectivity index (χ0n) is 14.6. The SMILES string of the molecule is CC.NC(=O)c1cc(Cl)ccc1O.O=C1Cc2cc(Cl)ccc2O1.[Na+].[OH-]. The van der Waals surface area contributed by atoms with E-state index in [0.29, 0.717) is 22.2 Å². The maximum Gasteiger partial charge on any atom is 1.00 e. The van der Waals surface area contributed by atoms with Crippen molar-refractivity contribution in [2.75, 3.05) is 0 Å². The summed E-state index contributed by atoms with van der Waals surface area (Å²) in [4.78, 5) is 21.3. The van der Waals surface area contributed by atoms with E-state index in [1.54, 1.807) is 18.2 Å². The largest absolute Gasteiger partial charge is 1.00 e. The molecule has 0 saturated carbocycles. The second kappa shape index (κ2) is 13.0. The van der Waals surface area contributed by atoms with Crippen LogP contribution in [0.2, 0.25) is 10.0 Å². The molecular formula is C17H18Cl2NNaO5. The summed E-state index contributed by atoms with van der Waals surface area (Å²) in [5, 5.41) is 10.1. The van der Waals surface area contributed by atoms with Crippen LogP contribution in [-0.2, 0) is 11.2 Å². The second-order valence-corrected chi connectivity index (χ2v) is 5.30. The average Bonchev–Trinajstić information content (AvgIpc) is 2.91. The number of hydrogen-bond acceptors (Lipinski definition) is 5. The summed E-state index contributed by atoms with van der Waals surface area (Å²) in [6.45, 7) is 4.00. The van der Waals surface area contributed by atoms with E-state index in [1.807, 2.05) is 13.8 Å². The molecule has 1 heterocycles. The van der Waals surface area contributed by atoms with Crippen LogP contribution in [0.4, 0.5) is 0 Å². The third-order valence-electron chi connectivity index (χ3n) is 2.81. The van der Waals surface area contributed by atoms with E-state index >= 15 is 0 Å². The molecule has 9 heteroatoms. The van der Waals surface area contributed by atoms with E-state index in [4.69, 9.17) is 38.8 Å². The van der Waals surface area contributed by atoms with Crippen LogP contribution in [0.15, 0.2) is 36.4 Å². The van der Waals surface area contributed by atoms with Crippen LogP contribution in [-0.4, -0.2) is 22.5 Å². The number of carbonyl (C=O) groups excluding carboxylic acids is 2. The molecule has 26 heavy (non-hydrogen) atoms. The van der Waals surface area contributed by atoms with Gasteiger partial charge < -0.3 is 21.1 Å². The first-order valence-corrected chi connectivity index (χ1v) is 7.90. The molecule has 0 fully saturated rings. The third kappa shape index (κ3) is 7.95. The first-order chi connectivity index (χ1) is 11.4. The van der Waals surface area contributed by atoms with Gasteiger partial charge in [0.05, 0.1) is 12.0 Å². The normalized spacial score (nSPS) is 10.4. The Balaban J connectivity index is 0. The summed E-state index contributed by atoms with van der Waals surface area (Å²) in [6, 6.07) is 9.29. The Hall–Kier alpha value is -1.28. The summed E-state index contributed by atoms with van der Waals surface area (Å²) >= 11 is 11.2. The van der Waals surface area contributed by atoms with Gasteiger partial charge in [-0.1, -0.05) is 37.0 Å². The minimum Gasteiger partial charge on any atom is -0.870 e. The number of fused-ring (bicyclic) bond motifs is 1. The van der Waals surface area contributed by atoms with Gasteiger partial charge in [0.15, 0.2) is 0 Å². The third-order valence-corrected chi connectivity index (χ3v) is 3.28. The van der Waals surface area contributed by atoms with Gasteiger partial charge in [0.2, 0.25) is 0 Å². The molecule has 4 N–H and O–H groups in total. The van der Waals surface area contributed by atoms with Crippen LogP contribution in [0.1, 0.15) is 29.8 Å². The van der Waals surface area contributed by atoms with E-state index in [9.17, 15) is 9.59 Å². The number of phenols is 1. The van der Waals surface area contributed by atoms with Gasteiger partial charge in [0, 0.05) is 15.6 Å². The van der Waals surface area contributed by atoms with Gasteiger partial charge in [-0.25, -0.2) is 0 Å². The minimum absolute atomic E-state index is 0. The summed E-state index contributed by atoms with van der Waals surface area (Å²) in [5.74, 6) is -0.409. The molecule has 136 valence electrons. The molecule has 0 aliphatic carbocycles. The van der Waals surface area contributed by atoms with Crippen LogP contribution >= 0.6 is 23.2 Å². The maximum atomic E-state index is 10.7. The van der Waals surface area contributed by atoms with Crippen LogP contribution < -0.4 is 40.0 Å². The van der Waals surface area contributed by atoms with Crippen LogP contribution in [0.3, 0.4) is 0 Å². The van der Waals surface area contributed by atoms with Crippen molar-refractivity contribution in [2.45, 2.75) is 20.3 Å². The molecule has 0 bridgehead atoms. The van der Waals surface area contributed by atoms with E-state index in [2.05, 4.69) is 0 Å². The number of amides is 1. The molecule has 2 aromatic rings. The number of rotatable bonds is 1. The van der Waals surface area contributed by atoms with Gasteiger partial charge >= 0.3 is 35.5 Å². The van der Waals surface area contributed by atoms with Gasteiger partial charge in [-0.05, 0) is 36.4 Å². The number of hydrogen-bond donors (Lipinski definition) is 2. The van der Waals surface area contributed by atoms with Gasteiger partial charge in [-0.2, -0.15) is 0 Å². The fourth-order valence-corrected chi connectivity index (χ4v) is 2.17. The molecule has 1 aliphatic heterocycles. The number of primary amides is 1. The van der Waals surface area contributed by atoms with E-state index in [0.717, 1.165) is 5.56 Å². The number of esters is 1. The second-order valence-electron chi connectivity index (χ2n) is 4.43. The Bertz CT molecular complexity index is 756. The number of aromatic hydroxyl groups is 1. The Kier molecular flexibility index (Phi) is 13.4. The first-order valence-electron chi connectivity index (χ1n) is 7.14. The summed E-state index contributed by atoms with van der Waals surface area (Å²) in [7, 11) is 0. The van der Waals surface area contributed by atoms with E-state index < -0.39 is 5.91 Å². The number of carbonyl (C=O) groups is 2. The molecule has 3 rings (SSSR count). The molecule has 2 aromatic carbocycles. The molecular weight excluding hydrogens is 392 g/mol. The summed E-state index contributed by atoms with van der Waals surface area (Å²) in [6.07, 6.45) is 0.343. The Morgan fingerprint density at radius 2 is 1.65 bits per heavy atom. The number of halogens is 2. The summed E-state index contributed by atoms with van der Waals surface area (Å²) in [5.41, 5.74) is 5.84. The predicted molar refractivity (Wildman–Crippen MR) is 95.7 cm³/mol. The van der Waals surface area contributed by atoms with Gasteiger partial charge in [-0.15, -0.1) is 0 Å². The quantitative estimate of drug-likeness (QED) is 0.410. The zero-order chi connectivity index (χ0) is 18.3. The van der Waals surface area contributed by atoms with E-state index in [1.165, 1.54) is 18.2 Å². The van der Waals surface area contributed by atoms with E-state index in [-0.39, 0.29) is 52.3 Å². The Morgan fingerprint density at radius 1 is 1.12 bits per heavy atom. The van der Waals surface area contributed by atoms with Gasteiger partial charge in [-0.3, -0.25) is 9.59 Å². The fraction of sp³-hybridized carbons (Fsp3) is 0.176. The van der Waals surface area contributed by atoms with Crippen molar-refractivity contribution in [3.05, 3.63) is 57.6 Å². The number of ether oxygens (including phenoxy) is 1. The number of nitrogens with two attached hydrogens (primary N) is 1. The molecule has 1 amide bonds. The molecule has 0 radical (unpaired) electrons. The Morgan fingerprint density at radius 3 is 2.19 bits per heavy atom. The van der Waals surface area contributed by atoms with Crippen molar-refractivity contribution < 1.29 is 54.5 Å². The van der Waals surface area contributed by atoms with Crippen molar-refractivity contribution in [2.24, 2.45) is 5.73 Å². The topological polar surface area (TPSA) is 120 Å². The van der Waals surface area contributed by atoms with Crippen molar-refractivity contribution in [3.63, 3.8) is 0 Å². The first kappa shape index (κ1) is 26.9. The van der Waals surface area contributed by atoms with Crippen LogP contribution in [0.25, 0.3) is 0 Å². The standard InChI is InChI=1S/C8H5ClO2.C7H6ClNO2.C2H6.Na.H2O/c9-6-1-2-7-5(3-6)4-8(10)11-7;8-4-1-2-6(10)5(3-4)7(9)11;1-2;;/h1-3H,4H2;1-3,10H,(H2,9,11);1-2H3;;1H2/q;;;+1;/p-1. The van der Waals surface area contributed by atoms with Crippen molar-refractivity contribution in [1.82, 2.24) is 0 Å². The molecule has 0 saturated heterocycles. The molecule has 0 aromatic heterocycles. The Labute approximate surface area is 183 Å². The monoisotopic (exact) mass is 409 g/mol. The molecule has 0 atom stereocenters. The van der Waals surface area contributed by atoms with Crippen molar-refractivity contribution >= 4 is 35.1 Å². The average molecular weight is 410 g/mol. The fourth-order valence-electron chi connectivity index (χ4n) is 1.81. The van der Waals surface area contributed by atoms with Crippen molar-refractivity contribution in [3.8, 4) is 11.5 Å². The van der Waals surface area contributed by atoms with Crippen molar-refractivity contribution in [1.29, 1.82) is 0 Å². The van der Waals surface area contributed by atoms with Crippen LogP contribution in [0, 0.1) is 0 Å².